The summed E-state index contributed by atoms with van der Waals surface area (Å²) in [6, 6.07) is 14.6. The van der Waals surface area contributed by atoms with Crippen molar-refractivity contribution in [3.8, 4) is 0 Å². The van der Waals surface area contributed by atoms with Gasteiger partial charge < -0.3 is 5.32 Å². The topological polar surface area (TPSA) is 79.4 Å². The molecule has 1 N–H and O–H groups in total. The smallest absolute Gasteiger partial charge is 0.242 e. The van der Waals surface area contributed by atoms with Crippen LogP contribution in [0.1, 0.15) is 25.0 Å². The molecule has 0 aliphatic heterocycles. The van der Waals surface area contributed by atoms with E-state index in [9.17, 15) is 13.2 Å². The number of anilines is 1. The van der Waals surface area contributed by atoms with Gasteiger partial charge in [0.2, 0.25) is 15.9 Å². The molecule has 0 fully saturated rings. The zero-order chi connectivity index (χ0) is 22.8. The second-order valence-electron chi connectivity index (χ2n) is 7.50. The number of benzene rings is 2. The summed E-state index contributed by atoms with van der Waals surface area (Å²) in [6.07, 6.45) is 0.842. The Morgan fingerprint density at radius 3 is 2.55 bits per heavy atom. The number of hydrogen-bond acceptors (Lipinski definition) is 5. The molecular formula is C23H27N3O3S2. The van der Waals surface area contributed by atoms with E-state index in [1.165, 1.54) is 30.2 Å². The standard InChI is InChI=1S/C23H27N3O3S2/c1-6-17-9-7-8-10-20(17)25-23(27)16(3)30-22-13-15(2)19-14-18(11-12-21(19)24-22)31(28,29)26(4)5/h7-14,16H,6H2,1-5H3,(H,25,27)/t16-/m0/s1. The van der Waals surface area contributed by atoms with Crippen LogP contribution in [0.15, 0.2) is 58.5 Å². The van der Waals surface area contributed by atoms with E-state index >= 15 is 0 Å². The fourth-order valence-corrected chi connectivity index (χ4v) is 5.05. The highest BCUT2D eigenvalue weighted by atomic mass is 32.2. The van der Waals surface area contributed by atoms with Gasteiger partial charge in [-0.05, 0) is 61.7 Å². The van der Waals surface area contributed by atoms with Crippen LogP contribution in [-0.2, 0) is 21.2 Å². The number of amides is 1. The van der Waals surface area contributed by atoms with E-state index in [0.717, 1.165) is 33.6 Å². The van der Waals surface area contributed by atoms with Crippen LogP contribution < -0.4 is 5.32 Å². The minimum Gasteiger partial charge on any atom is -0.325 e. The number of aromatic nitrogens is 1. The third-order valence-electron chi connectivity index (χ3n) is 5.06. The van der Waals surface area contributed by atoms with Gasteiger partial charge in [-0.2, -0.15) is 0 Å². The van der Waals surface area contributed by atoms with Gasteiger partial charge in [0.15, 0.2) is 0 Å². The zero-order valence-corrected chi connectivity index (χ0v) is 20.0. The van der Waals surface area contributed by atoms with Crippen LogP contribution in [0.5, 0.6) is 0 Å². The van der Waals surface area contributed by atoms with Crippen LogP contribution in [0.25, 0.3) is 10.9 Å². The molecule has 0 unspecified atom stereocenters. The van der Waals surface area contributed by atoms with E-state index in [2.05, 4.69) is 17.2 Å². The molecule has 6 nitrogen and oxygen atoms in total. The van der Waals surface area contributed by atoms with Gasteiger partial charge in [-0.3, -0.25) is 4.79 Å². The molecule has 1 atom stereocenters. The minimum atomic E-state index is -3.51. The Bertz CT molecular complexity index is 1220. The fraction of sp³-hybridized carbons (Fsp3) is 0.304. The normalized spacial score (nSPS) is 12.8. The van der Waals surface area contributed by atoms with Gasteiger partial charge in [0.25, 0.3) is 0 Å². The molecular weight excluding hydrogens is 430 g/mol. The molecule has 164 valence electrons. The van der Waals surface area contributed by atoms with Crippen LogP contribution >= 0.6 is 11.8 Å². The molecule has 31 heavy (non-hydrogen) atoms. The van der Waals surface area contributed by atoms with E-state index in [1.807, 2.05) is 44.2 Å². The van der Waals surface area contributed by atoms with Crippen LogP contribution in [0.2, 0.25) is 0 Å². The first-order valence-corrected chi connectivity index (χ1v) is 12.3. The summed E-state index contributed by atoms with van der Waals surface area (Å²) in [6.45, 7) is 5.82. The SMILES string of the molecule is CCc1ccccc1NC(=O)[C@H](C)Sc1cc(C)c2cc(S(=O)(=O)N(C)C)ccc2n1. The van der Waals surface area contributed by atoms with E-state index < -0.39 is 10.0 Å². The van der Waals surface area contributed by atoms with Crippen molar-refractivity contribution in [1.82, 2.24) is 9.29 Å². The summed E-state index contributed by atoms with van der Waals surface area (Å²) in [5.41, 5.74) is 3.53. The van der Waals surface area contributed by atoms with Crippen molar-refractivity contribution in [3.05, 3.63) is 59.7 Å². The first-order valence-electron chi connectivity index (χ1n) is 10.0. The third kappa shape index (κ3) is 5.08. The number of fused-ring (bicyclic) bond motifs is 1. The molecule has 0 aliphatic carbocycles. The molecule has 1 aromatic heterocycles. The quantitative estimate of drug-likeness (QED) is 0.530. The zero-order valence-electron chi connectivity index (χ0n) is 18.3. The number of pyridine rings is 1. The predicted octanol–water partition coefficient (Wildman–Crippen LogP) is 4.48. The minimum absolute atomic E-state index is 0.0853. The number of sulfonamides is 1. The van der Waals surface area contributed by atoms with Crippen molar-refractivity contribution in [2.45, 2.75) is 42.4 Å². The average Bonchev–Trinajstić information content (AvgIpc) is 2.73. The van der Waals surface area contributed by atoms with E-state index in [1.54, 1.807) is 18.2 Å². The summed E-state index contributed by atoms with van der Waals surface area (Å²) in [5.74, 6) is -0.0853. The van der Waals surface area contributed by atoms with Crippen LogP contribution in [0.3, 0.4) is 0 Å². The second kappa shape index (κ2) is 9.38. The lowest BCUT2D eigenvalue weighted by Crippen LogP contribution is -2.23. The Hall–Kier alpha value is -2.42. The Morgan fingerprint density at radius 1 is 1.16 bits per heavy atom. The maximum absolute atomic E-state index is 12.7. The summed E-state index contributed by atoms with van der Waals surface area (Å²) >= 11 is 1.38. The number of para-hydroxylation sites is 1. The van der Waals surface area contributed by atoms with Gasteiger partial charge in [0.1, 0.15) is 0 Å². The lowest BCUT2D eigenvalue weighted by molar-refractivity contribution is -0.115. The molecule has 1 amide bonds. The van der Waals surface area contributed by atoms with Crippen LogP contribution in [0.4, 0.5) is 5.69 Å². The Labute approximate surface area is 188 Å². The molecule has 2 aromatic carbocycles. The van der Waals surface area contributed by atoms with E-state index in [-0.39, 0.29) is 16.1 Å². The summed E-state index contributed by atoms with van der Waals surface area (Å²) < 4.78 is 26.0. The molecule has 3 aromatic rings. The Balaban J connectivity index is 1.82. The van der Waals surface area contributed by atoms with Gasteiger partial charge in [-0.15, -0.1) is 0 Å². The lowest BCUT2D eigenvalue weighted by Gasteiger charge is -2.15. The van der Waals surface area contributed by atoms with Gasteiger partial charge in [0.05, 0.1) is 20.7 Å². The second-order valence-corrected chi connectivity index (χ2v) is 11.0. The van der Waals surface area contributed by atoms with Crippen molar-refractivity contribution in [3.63, 3.8) is 0 Å². The molecule has 0 spiro atoms. The third-order valence-corrected chi connectivity index (χ3v) is 7.89. The van der Waals surface area contributed by atoms with Crippen molar-refractivity contribution >= 4 is 44.3 Å². The summed E-state index contributed by atoms with van der Waals surface area (Å²) in [4.78, 5) is 17.6. The van der Waals surface area contributed by atoms with Crippen LogP contribution in [-0.4, -0.2) is 43.0 Å². The van der Waals surface area contributed by atoms with Crippen molar-refractivity contribution in [2.75, 3.05) is 19.4 Å². The van der Waals surface area contributed by atoms with Gasteiger partial charge in [-0.1, -0.05) is 36.9 Å². The first kappa shape index (κ1) is 23.2. The predicted molar refractivity (Wildman–Crippen MR) is 127 cm³/mol. The van der Waals surface area contributed by atoms with E-state index in [4.69, 9.17) is 0 Å². The highest BCUT2D eigenvalue weighted by Crippen LogP contribution is 2.29. The average molecular weight is 458 g/mol. The number of carbonyl (C=O) groups excluding carboxylic acids is 1. The van der Waals surface area contributed by atoms with E-state index in [0.29, 0.717) is 5.52 Å². The highest BCUT2D eigenvalue weighted by molar-refractivity contribution is 8.00. The number of nitrogens with one attached hydrogen (secondary N) is 1. The van der Waals surface area contributed by atoms with Crippen molar-refractivity contribution in [2.24, 2.45) is 0 Å². The monoisotopic (exact) mass is 457 g/mol. The fourth-order valence-electron chi connectivity index (χ4n) is 3.19. The highest BCUT2D eigenvalue weighted by Gasteiger charge is 2.20. The maximum atomic E-state index is 12.7. The number of carbonyl (C=O) groups is 1. The summed E-state index contributed by atoms with van der Waals surface area (Å²) in [7, 11) is -0.494. The molecule has 0 saturated heterocycles. The van der Waals surface area contributed by atoms with Gasteiger partial charge >= 0.3 is 0 Å². The number of nitrogens with zero attached hydrogens (tertiary/aromatic N) is 2. The van der Waals surface area contributed by atoms with Crippen molar-refractivity contribution in [1.29, 1.82) is 0 Å². The number of aryl methyl sites for hydroxylation is 2. The van der Waals surface area contributed by atoms with Crippen LogP contribution in [0, 0.1) is 6.92 Å². The van der Waals surface area contributed by atoms with Crippen molar-refractivity contribution < 1.29 is 13.2 Å². The molecule has 8 heteroatoms. The Kier molecular flexibility index (Phi) is 7.03. The molecule has 0 saturated carbocycles. The molecule has 1 heterocycles. The van der Waals surface area contributed by atoms with Gasteiger partial charge in [-0.25, -0.2) is 17.7 Å². The molecule has 0 radical (unpaired) electrons. The first-order chi connectivity index (χ1) is 14.6. The molecule has 0 aliphatic rings. The number of hydrogen-bond donors (Lipinski definition) is 1. The number of rotatable bonds is 7. The lowest BCUT2D eigenvalue weighted by atomic mass is 10.1. The largest absolute Gasteiger partial charge is 0.325 e. The molecule has 3 rings (SSSR count). The number of thioether (sulfide) groups is 1. The van der Waals surface area contributed by atoms with Gasteiger partial charge in [0, 0.05) is 25.2 Å². The summed E-state index contributed by atoms with van der Waals surface area (Å²) in [5, 5.41) is 4.17. The maximum Gasteiger partial charge on any atom is 0.242 e. The Morgan fingerprint density at radius 2 is 1.87 bits per heavy atom. The molecule has 0 bridgehead atoms.